The van der Waals surface area contributed by atoms with E-state index in [1.807, 2.05) is 51.1 Å². The van der Waals surface area contributed by atoms with Gasteiger partial charge in [-0.05, 0) is 45.3 Å². The van der Waals surface area contributed by atoms with Gasteiger partial charge in [-0.25, -0.2) is 4.79 Å². The Morgan fingerprint density at radius 1 is 0.889 bits per heavy atom. The van der Waals surface area contributed by atoms with Crippen LogP contribution in [0.25, 0.3) is 6.08 Å². The number of hydrogen-bond donors (Lipinski definition) is 0. The SMILES string of the molecule is CCO[Si](CCCCCCOC(=O)C=Cc1ccccc1)(OCC)OCC. The van der Waals surface area contributed by atoms with Gasteiger partial charge < -0.3 is 18.0 Å². The van der Waals surface area contributed by atoms with E-state index < -0.39 is 8.80 Å². The second-order valence-corrected chi connectivity index (χ2v) is 8.79. The third kappa shape index (κ3) is 10.4. The van der Waals surface area contributed by atoms with Crippen molar-refractivity contribution in [1.29, 1.82) is 0 Å². The van der Waals surface area contributed by atoms with Crippen molar-refractivity contribution in [3.05, 3.63) is 42.0 Å². The first-order chi connectivity index (χ1) is 13.2. The zero-order valence-corrected chi connectivity index (χ0v) is 17.9. The largest absolute Gasteiger partial charge is 0.500 e. The summed E-state index contributed by atoms with van der Waals surface area (Å²) in [6, 6.07) is 10.5. The Morgan fingerprint density at radius 2 is 1.48 bits per heavy atom. The summed E-state index contributed by atoms with van der Waals surface area (Å²) in [5.41, 5.74) is 0.986. The third-order valence-electron chi connectivity index (χ3n) is 3.93. The van der Waals surface area contributed by atoms with Crippen molar-refractivity contribution in [2.75, 3.05) is 26.4 Å². The predicted molar refractivity (Wildman–Crippen MR) is 110 cm³/mol. The molecule has 0 radical (unpaired) electrons. The average Bonchev–Trinajstić information content (AvgIpc) is 2.67. The highest BCUT2D eigenvalue weighted by atomic mass is 28.4. The highest BCUT2D eigenvalue weighted by molar-refractivity contribution is 6.60. The van der Waals surface area contributed by atoms with Crippen LogP contribution in [0, 0.1) is 0 Å². The quantitative estimate of drug-likeness (QED) is 0.184. The average molecular weight is 395 g/mol. The molecule has 0 fully saturated rings. The molecule has 0 aliphatic heterocycles. The number of carbonyl (C=O) groups excluding carboxylic acids is 1. The predicted octanol–water partition coefficient (Wildman–Crippen LogP) is 4.85. The minimum atomic E-state index is -2.52. The molecule has 27 heavy (non-hydrogen) atoms. The maximum absolute atomic E-state index is 11.7. The Labute approximate surface area is 165 Å². The number of rotatable bonds is 15. The van der Waals surface area contributed by atoms with Gasteiger partial charge in [0.25, 0.3) is 0 Å². The smallest absolute Gasteiger partial charge is 0.463 e. The van der Waals surface area contributed by atoms with Crippen LogP contribution in [0.3, 0.4) is 0 Å². The maximum Gasteiger partial charge on any atom is 0.500 e. The lowest BCUT2D eigenvalue weighted by Crippen LogP contribution is -2.45. The van der Waals surface area contributed by atoms with E-state index in [0.29, 0.717) is 26.4 Å². The van der Waals surface area contributed by atoms with Crippen molar-refractivity contribution in [2.45, 2.75) is 52.5 Å². The molecule has 0 spiro atoms. The van der Waals surface area contributed by atoms with E-state index in [2.05, 4.69) is 0 Å². The lowest BCUT2D eigenvalue weighted by Gasteiger charge is -2.28. The first-order valence-corrected chi connectivity index (χ1v) is 11.9. The van der Waals surface area contributed by atoms with Crippen molar-refractivity contribution >= 4 is 20.8 Å². The molecule has 0 saturated heterocycles. The van der Waals surface area contributed by atoms with Crippen LogP contribution in [-0.2, 0) is 22.8 Å². The number of benzene rings is 1. The third-order valence-corrected chi connectivity index (χ3v) is 7.08. The van der Waals surface area contributed by atoms with E-state index in [0.717, 1.165) is 37.3 Å². The van der Waals surface area contributed by atoms with Crippen molar-refractivity contribution in [2.24, 2.45) is 0 Å². The fraction of sp³-hybridized carbons (Fsp3) is 0.571. The van der Waals surface area contributed by atoms with Crippen LogP contribution in [0.4, 0.5) is 0 Å². The van der Waals surface area contributed by atoms with Gasteiger partial charge in [-0.15, -0.1) is 0 Å². The minimum Gasteiger partial charge on any atom is -0.463 e. The Balaban J connectivity index is 2.18. The van der Waals surface area contributed by atoms with E-state index in [9.17, 15) is 4.79 Å². The Kier molecular flexibility index (Phi) is 12.7. The lowest BCUT2D eigenvalue weighted by molar-refractivity contribution is -0.137. The standard InChI is InChI=1S/C21H34O5Si/c1-4-24-27(25-5-2,26-6-3)19-13-8-7-12-18-23-21(22)17-16-20-14-10-9-11-15-20/h9-11,14-17H,4-8,12-13,18-19H2,1-3H3. The summed E-state index contributed by atoms with van der Waals surface area (Å²) < 4.78 is 22.8. The molecule has 6 heteroatoms. The summed E-state index contributed by atoms with van der Waals surface area (Å²) in [6.07, 6.45) is 7.14. The van der Waals surface area contributed by atoms with Crippen molar-refractivity contribution in [3.63, 3.8) is 0 Å². The van der Waals surface area contributed by atoms with E-state index >= 15 is 0 Å². The fourth-order valence-corrected chi connectivity index (χ4v) is 5.43. The molecule has 1 rings (SSSR count). The van der Waals surface area contributed by atoms with E-state index in [4.69, 9.17) is 18.0 Å². The Bertz CT molecular complexity index is 516. The van der Waals surface area contributed by atoms with Gasteiger partial charge in [0.2, 0.25) is 0 Å². The van der Waals surface area contributed by atoms with E-state index in [1.54, 1.807) is 6.08 Å². The van der Waals surface area contributed by atoms with Gasteiger partial charge in [0.05, 0.1) is 6.61 Å². The number of carbonyl (C=O) groups is 1. The summed E-state index contributed by atoms with van der Waals surface area (Å²) in [4.78, 5) is 11.7. The molecule has 0 aliphatic rings. The summed E-state index contributed by atoms with van der Waals surface area (Å²) in [7, 11) is -2.52. The van der Waals surface area contributed by atoms with E-state index in [1.165, 1.54) is 6.08 Å². The topological polar surface area (TPSA) is 54.0 Å². The summed E-state index contributed by atoms with van der Waals surface area (Å²) in [5.74, 6) is -0.297. The van der Waals surface area contributed by atoms with Crippen LogP contribution in [0.5, 0.6) is 0 Å². The minimum absolute atomic E-state index is 0.297. The first-order valence-electron chi connectivity index (χ1n) is 9.97. The molecule has 0 aromatic heterocycles. The van der Waals surface area contributed by atoms with Crippen LogP contribution >= 0.6 is 0 Å². The monoisotopic (exact) mass is 394 g/mol. The molecule has 0 amide bonds. The summed E-state index contributed by atoms with van der Waals surface area (Å²) in [6.45, 7) is 8.19. The molecule has 1 aromatic rings. The molecule has 0 atom stereocenters. The van der Waals surface area contributed by atoms with Gasteiger partial charge >= 0.3 is 14.8 Å². The molecular formula is C21H34O5Si. The molecule has 0 N–H and O–H groups in total. The highest BCUT2D eigenvalue weighted by Crippen LogP contribution is 2.20. The van der Waals surface area contributed by atoms with Gasteiger partial charge in [-0.1, -0.05) is 43.2 Å². The van der Waals surface area contributed by atoms with Crippen LogP contribution < -0.4 is 0 Å². The molecule has 0 saturated carbocycles. The van der Waals surface area contributed by atoms with E-state index in [-0.39, 0.29) is 5.97 Å². The van der Waals surface area contributed by atoms with Crippen LogP contribution in [0.15, 0.2) is 36.4 Å². The highest BCUT2D eigenvalue weighted by Gasteiger charge is 2.39. The normalized spacial score (nSPS) is 11.8. The Hall–Kier alpha value is -1.47. The Morgan fingerprint density at radius 3 is 2.07 bits per heavy atom. The van der Waals surface area contributed by atoms with Crippen LogP contribution in [0.2, 0.25) is 6.04 Å². The zero-order valence-electron chi connectivity index (χ0n) is 16.9. The molecular weight excluding hydrogens is 360 g/mol. The lowest BCUT2D eigenvalue weighted by atomic mass is 10.2. The van der Waals surface area contributed by atoms with Crippen LogP contribution in [-0.4, -0.2) is 41.2 Å². The van der Waals surface area contributed by atoms with Gasteiger partial charge in [0, 0.05) is 31.9 Å². The first kappa shape index (κ1) is 23.6. The van der Waals surface area contributed by atoms with Crippen molar-refractivity contribution in [1.82, 2.24) is 0 Å². The summed E-state index contributed by atoms with van der Waals surface area (Å²) >= 11 is 0. The molecule has 0 bridgehead atoms. The molecule has 1 aromatic carbocycles. The van der Waals surface area contributed by atoms with Crippen LogP contribution in [0.1, 0.15) is 52.0 Å². The van der Waals surface area contributed by atoms with Gasteiger partial charge in [-0.3, -0.25) is 0 Å². The second kappa shape index (κ2) is 14.6. The molecule has 0 unspecified atom stereocenters. The molecule has 0 aliphatic carbocycles. The van der Waals surface area contributed by atoms with Crippen molar-refractivity contribution in [3.8, 4) is 0 Å². The van der Waals surface area contributed by atoms with Gasteiger partial charge in [0.15, 0.2) is 0 Å². The van der Waals surface area contributed by atoms with Gasteiger partial charge in [0.1, 0.15) is 0 Å². The summed E-state index contributed by atoms with van der Waals surface area (Å²) in [5, 5.41) is 0. The molecule has 0 heterocycles. The maximum atomic E-state index is 11.7. The van der Waals surface area contributed by atoms with Gasteiger partial charge in [-0.2, -0.15) is 0 Å². The van der Waals surface area contributed by atoms with Crippen molar-refractivity contribution < 1.29 is 22.8 Å². The molecule has 5 nitrogen and oxygen atoms in total. The number of hydrogen-bond acceptors (Lipinski definition) is 5. The zero-order chi connectivity index (χ0) is 19.8. The molecule has 152 valence electrons. The number of unbranched alkanes of at least 4 members (excludes halogenated alkanes) is 3. The number of ether oxygens (including phenoxy) is 1. The second-order valence-electron chi connectivity index (χ2n) is 6.06. The number of esters is 1. The fourth-order valence-electron chi connectivity index (χ4n) is 2.75.